The number of carbonyl (C=O) groups is 1. The lowest BCUT2D eigenvalue weighted by atomic mass is 10.1. The highest BCUT2D eigenvalue weighted by Gasteiger charge is 2.10. The zero-order chi connectivity index (χ0) is 19.8. The summed E-state index contributed by atoms with van der Waals surface area (Å²) in [5, 5.41) is 2.78. The van der Waals surface area contributed by atoms with Crippen LogP contribution < -0.4 is 14.8 Å². The Morgan fingerprint density at radius 1 is 1.14 bits per heavy atom. The van der Waals surface area contributed by atoms with Crippen LogP contribution >= 0.6 is 0 Å². The number of para-hydroxylation sites is 1. The fourth-order valence-corrected chi connectivity index (χ4v) is 3.01. The van der Waals surface area contributed by atoms with E-state index in [4.69, 9.17) is 14.2 Å². The predicted octanol–water partition coefficient (Wildman–Crippen LogP) is 2.43. The van der Waals surface area contributed by atoms with Crippen LogP contribution in [0, 0.1) is 13.8 Å². The van der Waals surface area contributed by atoms with Crippen molar-refractivity contribution in [3.63, 3.8) is 0 Å². The van der Waals surface area contributed by atoms with Crippen LogP contribution in [0.25, 0.3) is 0 Å². The molecule has 1 fully saturated rings. The molecule has 28 heavy (non-hydrogen) atoms. The fourth-order valence-electron chi connectivity index (χ4n) is 3.01. The van der Waals surface area contributed by atoms with Gasteiger partial charge in [-0.15, -0.1) is 0 Å². The summed E-state index contributed by atoms with van der Waals surface area (Å²) in [6.45, 7) is 8.71. The van der Waals surface area contributed by atoms with Gasteiger partial charge in [0.25, 0.3) is 5.91 Å². The number of anilines is 1. The molecular weight excluding hydrogens is 358 g/mol. The number of rotatable bonds is 8. The number of amides is 1. The van der Waals surface area contributed by atoms with Gasteiger partial charge in [0.05, 0.1) is 25.1 Å². The van der Waals surface area contributed by atoms with E-state index in [9.17, 15) is 4.79 Å². The summed E-state index contributed by atoms with van der Waals surface area (Å²) in [5.41, 5.74) is 2.62. The lowest BCUT2D eigenvalue weighted by Crippen LogP contribution is -2.38. The second-order valence-electron chi connectivity index (χ2n) is 6.75. The zero-order valence-electron chi connectivity index (χ0n) is 16.4. The molecule has 0 radical (unpaired) electrons. The molecule has 1 N–H and O–H groups in total. The van der Waals surface area contributed by atoms with Crippen molar-refractivity contribution in [1.29, 1.82) is 0 Å². The maximum atomic E-state index is 12.1. The van der Waals surface area contributed by atoms with Crippen molar-refractivity contribution in [3.8, 4) is 11.6 Å². The van der Waals surface area contributed by atoms with Gasteiger partial charge in [-0.25, -0.2) is 4.98 Å². The first-order chi connectivity index (χ1) is 13.6. The van der Waals surface area contributed by atoms with E-state index in [2.05, 4.69) is 15.2 Å². The van der Waals surface area contributed by atoms with Gasteiger partial charge < -0.3 is 19.5 Å². The molecule has 150 valence electrons. The lowest BCUT2D eigenvalue weighted by molar-refractivity contribution is -0.118. The smallest absolute Gasteiger partial charge is 0.262 e. The van der Waals surface area contributed by atoms with Gasteiger partial charge in [-0.3, -0.25) is 9.69 Å². The first-order valence-electron chi connectivity index (χ1n) is 9.49. The maximum absolute atomic E-state index is 12.1. The van der Waals surface area contributed by atoms with Crippen LogP contribution in [0.2, 0.25) is 0 Å². The molecule has 7 heteroatoms. The number of aryl methyl sites for hydroxylation is 2. The van der Waals surface area contributed by atoms with E-state index in [1.165, 1.54) is 0 Å². The second-order valence-corrected chi connectivity index (χ2v) is 6.75. The Kier molecular flexibility index (Phi) is 7.22. The van der Waals surface area contributed by atoms with E-state index in [-0.39, 0.29) is 12.5 Å². The summed E-state index contributed by atoms with van der Waals surface area (Å²) >= 11 is 0. The number of hydrogen-bond acceptors (Lipinski definition) is 6. The molecule has 2 heterocycles. The molecule has 0 spiro atoms. The van der Waals surface area contributed by atoms with Crippen molar-refractivity contribution >= 4 is 11.6 Å². The molecule has 2 aromatic rings. The van der Waals surface area contributed by atoms with Gasteiger partial charge in [0.15, 0.2) is 6.61 Å². The summed E-state index contributed by atoms with van der Waals surface area (Å²) in [6, 6.07) is 9.41. The number of pyridine rings is 1. The summed E-state index contributed by atoms with van der Waals surface area (Å²) in [7, 11) is 0. The third kappa shape index (κ3) is 5.94. The molecule has 1 aromatic carbocycles. The number of ether oxygens (including phenoxy) is 3. The average Bonchev–Trinajstić information content (AvgIpc) is 2.70. The monoisotopic (exact) mass is 385 g/mol. The Bertz CT molecular complexity index is 753. The minimum Gasteiger partial charge on any atom is -0.483 e. The van der Waals surface area contributed by atoms with E-state index in [1.54, 1.807) is 18.3 Å². The number of hydrogen-bond donors (Lipinski definition) is 1. The molecule has 3 rings (SSSR count). The largest absolute Gasteiger partial charge is 0.483 e. The number of nitrogens with zero attached hydrogens (tertiary/aromatic N) is 2. The minimum atomic E-state index is -0.231. The molecule has 1 aromatic heterocycles. The van der Waals surface area contributed by atoms with E-state index in [0.29, 0.717) is 18.2 Å². The molecule has 0 atom stereocenters. The summed E-state index contributed by atoms with van der Waals surface area (Å²) in [4.78, 5) is 18.7. The minimum absolute atomic E-state index is 0.0521. The van der Waals surface area contributed by atoms with Crippen LogP contribution in [0.5, 0.6) is 11.6 Å². The van der Waals surface area contributed by atoms with Crippen LogP contribution in [-0.2, 0) is 9.53 Å². The highest BCUT2D eigenvalue weighted by atomic mass is 16.5. The lowest BCUT2D eigenvalue weighted by Gasteiger charge is -2.26. The molecule has 1 aliphatic heterocycles. The van der Waals surface area contributed by atoms with Crippen LogP contribution in [0.3, 0.4) is 0 Å². The fraction of sp³-hybridized carbons (Fsp3) is 0.429. The number of aromatic nitrogens is 1. The van der Waals surface area contributed by atoms with E-state index < -0.39 is 0 Å². The Balaban J connectivity index is 1.41. The third-order valence-electron chi connectivity index (χ3n) is 4.54. The predicted molar refractivity (Wildman–Crippen MR) is 107 cm³/mol. The Morgan fingerprint density at radius 3 is 2.57 bits per heavy atom. The summed E-state index contributed by atoms with van der Waals surface area (Å²) in [5.74, 6) is 1.06. The number of carbonyl (C=O) groups excluding carboxylic acids is 1. The van der Waals surface area contributed by atoms with Crippen LogP contribution in [0.1, 0.15) is 11.1 Å². The Labute approximate surface area is 165 Å². The van der Waals surface area contributed by atoms with Crippen molar-refractivity contribution in [3.05, 3.63) is 47.7 Å². The van der Waals surface area contributed by atoms with Crippen LogP contribution in [0.4, 0.5) is 5.69 Å². The molecule has 0 aliphatic carbocycles. The number of morpholine rings is 1. The van der Waals surface area contributed by atoms with Crippen molar-refractivity contribution < 1.29 is 19.0 Å². The van der Waals surface area contributed by atoms with E-state index in [1.807, 2.05) is 32.0 Å². The maximum Gasteiger partial charge on any atom is 0.262 e. The van der Waals surface area contributed by atoms with Gasteiger partial charge in [0.1, 0.15) is 12.4 Å². The third-order valence-corrected chi connectivity index (χ3v) is 4.54. The Hall–Kier alpha value is -2.64. The van der Waals surface area contributed by atoms with Crippen LogP contribution in [0.15, 0.2) is 36.5 Å². The van der Waals surface area contributed by atoms with E-state index >= 15 is 0 Å². The van der Waals surface area contributed by atoms with Crippen molar-refractivity contribution in [1.82, 2.24) is 9.88 Å². The average molecular weight is 385 g/mol. The molecular formula is C21H27N3O4. The molecule has 0 saturated carbocycles. The topological polar surface area (TPSA) is 72.9 Å². The molecule has 0 bridgehead atoms. The SMILES string of the molecule is Cc1cccc(C)c1OCC(=O)Nc1ccc(OCCN2CCOCC2)nc1. The molecule has 1 saturated heterocycles. The van der Waals surface area contributed by atoms with Gasteiger partial charge in [-0.2, -0.15) is 0 Å². The van der Waals surface area contributed by atoms with Gasteiger partial charge in [0.2, 0.25) is 5.88 Å². The van der Waals surface area contributed by atoms with Gasteiger partial charge >= 0.3 is 0 Å². The quantitative estimate of drug-likeness (QED) is 0.752. The first kappa shape index (κ1) is 20.1. The molecule has 7 nitrogen and oxygen atoms in total. The van der Waals surface area contributed by atoms with E-state index in [0.717, 1.165) is 49.7 Å². The van der Waals surface area contributed by atoms with Crippen molar-refractivity contribution in [2.75, 3.05) is 51.4 Å². The Morgan fingerprint density at radius 2 is 1.89 bits per heavy atom. The number of nitrogens with one attached hydrogen (secondary N) is 1. The normalized spacial score (nSPS) is 14.5. The van der Waals surface area contributed by atoms with Crippen LogP contribution in [-0.4, -0.2) is 61.9 Å². The highest BCUT2D eigenvalue weighted by Crippen LogP contribution is 2.22. The molecule has 0 unspecified atom stereocenters. The highest BCUT2D eigenvalue weighted by molar-refractivity contribution is 5.91. The summed E-state index contributed by atoms with van der Waals surface area (Å²) in [6.07, 6.45) is 1.58. The van der Waals surface area contributed by atoms with Gasteiger partial charge in [-0.05, 0) is 31.0 Å². The molecule has 1 aliphatic rings. The first-order valence-corrected chi connectivity index (χ1v) is 9.49. The van der Waals surface area contributed by atoms with Gasteiger partial charge in [0, 0.05) is 25.7 Å². The summed E-state index contributed by atoms with van der Waals surface area (Å²) < 4.78 is 16.7. The van der Waals surface area contributed by atoms with Gasteiger partial charge in [-0.1, -0.05) is 18.2 Å². The van der Waals surface area contributed by atoms with Crippen molar-refractivity contribution in [2.45, 2.75) is 13.8 Å². The molecule has 1 amide bonds. The second kappa shape index (κ2) is 10.1. The number of benzene rings is 1. The van der Waals surface area contributed by atoms with Crippen molar-refractivity contribution in [2.24, 2.45) is 0 Å². The zero-order valence-corrected chi connectivity index (χ0v) is 16.4. The standard InChI is InChI=1S/C21H27N3O4/c1-16-4-3-5-17(2)21(16)28-15-19(25)23-18-6-7-20(22-14-18)27-13-10-24-8-11-26-12-9-24/h3-7,14H,8-13,15H2,1-2H3,(H,23,25).